The summed E-state index contributed by atoms with van der Waals surface area (Å²) < 4.78 is 64.6. The molecule has 2 atom stereocenters. The highest BCUT2D eigenvalue weighted by molar-refractivity contribution is 7.89. The van der Waals surface area contributed by atoms with E-state index in [1.165, 1.54) is 4.31 Å². The molecule has 3 fully saturated rings. The first-order chi connectivity index (χ1) is 11.1. The van der Waals surface area contributed by atoms with Crippen LogP contribution < -0.4 is 0 Å². The number of alkyl halides is 3. The van der Waals surface area contributed by atoms with E-state index in [1.54, 1.807) is 11.9 Å². The Hall–Kier alpha value is -1.61. The van der Waals surface area contributed by atoms with E-state index >= 15 is 0 Å². The van der Waals surface area contributed by atoms with Gasteiger partial charge in [0.05, 0.1) is 16.4 Å². The fraction of sp³-hybridized carbons (Fsp3) is 0.533. The molecule has 2 bridgehead atoms. The number of sulfonamides is 1. The third kappa shape index (κ3) is 2.90. The van der Waals surface area contributed by atoms with Crippen molar-refractivity contribution in [2.24, 2.45) is 5.92 Å². The molecular formula is C15H17F3N2O3S. The maximum absolute atomic E-state index is 12.7. The van der Waals surface area contributed by atoms with Gasteiger partial charge in [0.1, 0.15) is 0 Å². The SMILES string of the molecule is CN1C(=O)[C@H]2CC[C@@H]1CN(S(=O)(=O)c1ccc(C(F)(F)F)cc1)C2. The Morgan fingerprint density at radius 2 is 1.71 bits per heavy atom. The van der Waals surface area contributed by atoms with Crippen LogP contribution >= 0.6 is 0 Å². The number of halogens is 3. The molecule has 0 unspecified atom stereocenters. The minimum absolute atomic E-state index is 0.0724. The number of nitrogens with zero attached hydrogens (tertiary/aromatic N) is 2. The van der Waals surface area contributed by atoms with Crippen LogP contribution in [-0.2, 0) is 21.0 Å². The van der Waals surface area contributed by atoms with Crippen LogP contribution in [0.25, 0.3) is 0 Å². The van der Waals surface area contributed by atoms with Crippen LogP contribution in [-0.4, -0.2) is 49.7 Å². The van der Waals surface area contributed by atoms with Gasteiger partial charge in [0.2, 0.25) is 15.9 Å². The van der Waals surface area contributed by atoms with E-state index in [1.807, 2.05) is 0 Å². The van der Waals surface area contributed by atoms with Crippen molar-refractivity contribution in [3.8, 4) is 0 Å². The number of carbonyl (C=O) groups excluding carboxylic acids is 1. The van der Waals surface area contributed by atoms with Gasteiger partial charge in [-0.3, -0.25) is 4.79 Å². The van der Waals surface area contributed by atoms with Gasteiger partial charge in [-0.2, -0.15) is 17.5 Å². The summed E-state index contributed by atoms with van der Waals surface area (Å²) in [6.45, 7) is 0.241. The van der Waals surface area contributed by atoms with E-state index in [-0.39, 0.29) is 29.9 Å². The number of carbonyl (C=O) groups is 1. The summed E-state index contributed by atoms with van der Waals surface area (Å²) in [6.07, 6.45) is -3.15. The molecule has 3 heterocycles. The number of hydrogen-bond acceptors (Lipinski definition) is 3. The van der Waals surface area contributed by atoms with Gasteiger partial charge in [-0.05, 0) is 37.1 Å². The van der Waals surface area contributed by atoms with Crippen molar-refractivity contribution in [3.63, 3.8) is 0 Å². The number of fused-ring (bicyclic) bond motifs is 4. The highest BCUT2D eigenvalue weighted by atomic mass is 32.2. The van der Waals surface area contributed by atoms with Crippen molar-refractivity contribution >= 4 is 15.9 Å². The van der Waals surface area contributed by atoms with Gasteiger partial charge in [0.15, 0.2) is 0 Å². The van der Waals surface area contributed by atoms with Gasteiger partial charge in [-0.1, -0.05) is 0 Å². The van der Waals surface area contributed by atoms with Gasteiger partial charge in [-0.25, -0.2) is 8.42 Å². The summed E-state index contributed by atoms with van der Waals surface area (Å²) in [7, 11) is -2.27. The second-order valence-electron chi connectivity index (χ2n) is 6.22. The molecule has 0 aliphatic carbocycles. The van der Waals surface area contributed by atoms with E-state index in [0.717, 1.165) is 30.7 Å². The first-order valence-corrected chi connectivity index (χ1v) is 8.99. The van der Waals surface area contributed by atoms with E-state index in [4.69, 9.17) is 0 Å². The van der Waals surface area contributed by atoms with Crippen LogP contribution in [0.15, 0.2) is 29.2 Å². The molecule has 3 saturated heterocycles. The number of hydrogen-bond donors (Lipinski definition) is 0. The zero-order valence-electron chi connectivity index (χ0n) is 13.0. The minimum Gasteiger partial charge on any atom is -0.341 e. The molecule has 24 heavy (non-hydrogen) atoms. The first kappa shape index (κ1) is 17.2. The lowest BCUT2D eigenvalue weighted by atomic mass is 9.95. The standard InChI is InChI=1S/C15H17F3N2O3S/c1-19-12-5-2-10(14(19)21)8-20(9-12)24(22,23)13-6-3-11(4-7-13)15(16,17)18/h3-4,6-7,10,12H,2,5,8-9H2,1H3/t10-,12+/m0/s1. The lowest BCUT2D eigenvalue weighted by molar-refractivity contribution is -0.138. The zero-order chi connectivity index (χ0) is 17.7. The molecule has 0 N–H and O–H groups in total. The molecule has 1 aromatic rings. The normalized spacial score (nSPS) is 25.8. The summed E-state index contributed by atoms with van der Waals surface area (Å²) in [5, 5.41) is 0. The van der Waals surface area contributed by atoms with Gasteiger partial charge in [0, 0.05) is 26.2 Å². The van der Waals surface area contributed by atoms with Crippen molar-refractivity contribution in [2.75, 3.05) is 20.1 Å². The molecular weight excluding hydrogens is 345 g/mol. The van der Waals surface area contributed by atoms with Crippen LogP contribution in [0, 0.1) is 5.92 Å². The molecule has 0 aromatic heterocycles. The molecule has 132 valence electrons. The predicted octanol–water partition coefficient (Wildman–Crippen LogP) is 1.95. The Morgan fingerprint density at radius 1 is 1.08 bits per heavy atom. The second-order valence-corrected chi connectivity index (χ2v) is 8.16. The molecule has 0 radical (unpaired) electrons. The van der Waals surface area contributed by atoms with Gasteiger partial charge >= 0.3 is 6.18 Å². The summed E-state index contributed by atoms with van der Waals surface area (Å²) in [5.41, 5.74) is -0.896. The van der Waals surface area contributed by atoms with Crippen molar-refractivity contribution in [2.45, 2.75) is 30.0 Å². The summed E-state index contributed by atoms with van der Waals surface area (Å²) in [6, 6.07) is 3.26. The highest BCUT2D eigenvalue weighted by Gasteiger charge is 2.42. The maximum Gasteiger partial charge on any atom is 0.416 e. The molecule has 4 rings (SSSR count). The minimum atomic E-state index is -4.51. The summed E-state index contributed by atoms with van der Waals surface area (Å²) in [5.74, 6) is -0.464. The summed E-state index contributed by atoms with van der Waals surface area (Å²) >= 11 is 0. The monoisotopic (exact) mass is 362 g/mol. The third-order valence-electron chi connectivity index (χ3n) is 4.75. The molecule has 5 nitrogen and oxygen atoms in total. The Bertz CT molecular complexity index is 746. The molecule has 3 aliphatic heterocycles. The Kier molecular flexibility index (Phi) is 4.11. The Morgan fingerprint density at radius 3 is 2.29 bits per heavy atom. The van der Waals surface area contributed by atoms with Crippen molar-refractivity contribution < 1.29 is 26.4 Å². The average Bonchev–Trinajstić information content (AvgIpc) is 2.81. The first-order valence-electron chi connectivity index (χ1n) is 7.55. The topological polar surface area (TPSA) is 57.7 Å². The van der Waals surface area contributed by atoms with E-state index in [0.29, 0.717) is 6.42 Å². The smallest absolute Gasteiger partial charge is 0.341 e. The lowest BCUT2D eigenvalue weighted by Gasteiger charge is -2.32. The molecule has 1 amide bonds. The largest absolute Gasteiger partial charge is 0.416 e. The quantitative estimate of drug-likeness (QED) is 0.808. The van der Waals surface area contributed by atoms with E-state index < -0.39 is 27.7 Å². The fourth-order valence-corrected chi connectivity index (χ4v) is 4.80. The van der Waals surface area contributed by atoms with Crippen molar-refractivity contribution in [1.29, 1.82) is 0 Å². The molecule has 9 heteroatoms. The van der Waals surface area contributed by atoms with E-state index in [9.17, 15) is 26.4 Å². The number of benzene rings is 1. The third-order valence-corrected chi connectivity index (χ3v) is 6.60. The highest BCUT2D eigenvalue weighted by Crippen LogP contribution is 2.33. The van der Waals surface area contributed by atoms with Crippen LogP contribution in [0.4, 0.5) is 13.2 Å². The van der Waals surface area contributed by atoms with Crippen molar-refractivity contribution in [1.82, 2.24) is 9.21 Å². The molecule has 3 aliphatic rings. The Labute approximate surface area is 138 Å². The van der Waals surface area contributed by atoms with E-state index in [2.05, 4.69) is 0 Å². The fourth-order valence-electron chi connectivity index (χ4n) is 3.28. The van der Waals surface area contributed by atoms with Crippen LogP contribution in [0.3, 0.4) is 0 Å². The summed E-state index contributed by atoms with van der Waals surface area (Å²) in [4.78, 5) is 13.5. The zero-order valence-corrected chi connectivity index (χ0v) is 13.8. The second kappa shape index (κ2) is 5.73. The molecule has 1 aromatic carbocycles. The number of amides is 1. The van der Waals surface area contributed by atoms with Crippen LogP contribution in [0.1, 0.15) is 18.4 Å². The van der Waals surface area contributed by atoms with Gasteiger partial charge < -0.3 is 4.90 Å². The molecule has 0 saturated carbocycles. The molecule has 0 spiro atoms. The van der Waals surface area contributed by atoms with Gasteiger partial charge in [0.25, 0.3) is 0 Å². The Balaban J connectivity index is 1.89. The predicted molar refractivity (Wildman–Crippen MR) is 79.5 cm³/mol. The average molecular weight is 362 g/mol. The van der Waals surface area contributed by atoms with Crippen LogP contribution in [0.5, 0.6) is 0 Å². The lowest BCUT2D eigenvalue weighted by Crippen LogP contribution is -2.45. The maximum atomic E-state index is 12.7. The van der Waals surface area contributed by atoms with Crippen molar-refractivity contribution in [3.05, 3.63) is 29.8 Å². The van der Waals surface area contributed by atoms with Crippen LogP contribution in [0.2, 0.25) is 0 Å². The number of rotatable bonds is 2. The number of likely N-dealkylation sites (N-methyl/N-ethyl adjacent to an activating group) is 1. The van der Waals surface area contributed by atoms with Gasteiger partial charge in [-0.15, -0.1) is 0 Å². The number of piperidine rings is 1.